The zero-order valence-electron chi connectivity index (χ0n) is 15.1. The number of anilines is 1. The van der Waals surface area contributed by atoms with E-state index >= 15 is 0 Å². The number of halogens is 1. The molecular formula is C19H18ClN5O3. The predicted molar refractivity (Wildman–Crippen MR) is 105 cm³/mol. The van der Waals surface area contributed by atoms with Gasteiger partial charge in [-0.05, 0) is 31.2 Å². The minimum atomic E-state index is -0.400. The maximum Gasteiger partial charge on any atom is 0.272 e. The van der Waals surface area contributed by atoms with Crippen molar-refractivity contribution in [1.29, 1.82) is 0 Å². The number of H-pyrrole nitrogens is 1. The van der Waals surface area contributed by atoms with Crippen LogP contribution in [-0.4, -0.2) is 44.4 Å². The summed E-state index contributed by atoms with van der Waals surface area (Å²) < 4.78 is 1.22. The standard InChI is InChI=1S/C19H18ClN5O3/c1-2-24-10-11(7-16(24)26)15-8-17(27)25-18(23-15)14(9-21-25)19(28)22-13-5-3-12(20)4-6-13/h3-6,8-9,11,21H,2,7,10H2,1H3,(H,22,28)/t11-/m0/s1. The van der Waals surface area contributed by atoms with Gasteiger partial charge < -0.3 is 10.2 Å². The molecule has 0 unspecified atom stereocenters. The van der Waals surface area contributed by atoms with Crippen LogP contribution in [0.4, 0.5) is 5.69 Å². The van der Waals surface area contributed by atoms with Gasteiger partial charge in [-0.1, -0.05) is 11.6 Å². The minimum absolute atomic E-state index is 0.0456. The molecule has 0 spiro atoms. The lowest BCUT2D eigenvalue weighted by molar-refractivity contribution is -0.127. The van der Waals surface area contributed by atoms with Gasteiger partial charge in [0.05, 0.1) is 5.69 Å². The Morgan fingerprint density at radius 1 is 1.32 bits per heavy atom. The van der Waals surface area contributed by atoms with Crippen LogP contribution in [0.5, 0.6) is 0 Å². The Bertz CT molecular complexity index is 1120. The fourth-order valence-electron chi connectivity index (χ4n) is 3.38. The number of carbonyl (C=O) groups excluding carboxylic acids is 2. The van der Waals surface area contributed by atoms with Crippen LogP contribution in [-0.2, 0) is 4.79 Å². The normalized spacial score (nSPS) is 16.7. The summed E-state index contributed by atoms with van der Waals surface area (Å²) in [4.78, 5) is 43.4. The highest BCUT2D eigenvalue weighted by atomic mass is 35.5. The molecule has 0 radical (unpaired) electrons. The number of benzene rings is 1. The van der Waals surface area contributed by atoms with E-state index < -0.39 is 5.91 Å². The summed E-state index contributed by atoms with van der Waals surface area (Å²) >= 11 is 5.86. The molecule has 1 aliphatic heterocycles. The molecule has 2 N–H and O–H groups in total. The van der Waals surface area contributed by atoms with Gasteiger partial charge in [0.1, 0.15) is 5.56 Å². The van der Waals surface area contributed by atoms with Crippen molar-refractivity contribution in [2.45, 2.75) is 19.3 Å². The van der Waals surface area contributed by atoms with Gasteiger partial charge in [-0.3, -0.25) is 19.5 Å². The van der Waals surface area contributed by atoms with Gasteiger partial charge in [-0.2, -0.15) is 0 Å². The van der Waals surface area contributed by atoms with E-state index in [2.05, 4.69) is 15.4 Å². The van der Waals surface area contributed by atoms with E-state index in [0.29, 0.717) is 35.9 Å². The average molecular weight is 400 g/mol. The Morgan fingerprint density at radius 2 is 2.07 bits per heavy atom. The van der Waals surface area contributed by atoms with Crippen molar-refractivity contribution in [1.82, 2.24) is 19.5 Å². The SMILES string of the molecule is CCN1C[C@@H](c2cc(=O)n3[nH]cc(C(=O)Nc4ccc(Cl)cc4)c3n2)CC1=O. The van der Waals surface area contributed by atoms with Crippen molar-refractivity contribution in [2.24, 2.45) is 0 Å². The molecule has 1 aliphatic rings. The summed E-state index contributed by atoms with van der Waals surface area (Å²) in [7, 11) is 0. The van der Waals surface area contributed by atoms with Gasteiger partial charge in [0.25, 0.3) is 11.5 Å². The molecule has 144 valence electrons. The molecule has 8 nitrogen and oxygen atoms in total. The summed E-state index contributed by atoms with van der Waals surface area (Å²) in [6.45, 7) is 3.06. The molecule has 2 amide bonds. The first-order chi connectivity index (χ1) is 13.5. The highest BCUT2D eigenvalue weighted by Crippen LogP contribution is 2.26. The van der Waals surface area contributed by atoms with Gasteiger partial charge in [0, 0.05) is 48.4 Å². The van der Waals surface area contributed by atoms with Crippen LogP contribution in [0.3, 0.4) is 0 Å². The third kappa shape index (κ3) is 3.27. The smallest absolute Gasteiger partial charge is 0.272 e. The first kappa shape index (κ1) is 18.2. The number of carbonyl (C=O) groups is 2. The number of nitrogens with one attached hydrogen (secondary N) is 2. The zero-order chi connectivity index (χ0) is 19.8. The second-order valence-electron chi connectivity index (χ2n) is 6.66. The lowest BCUT2D eigenvalue weighted by Crippen LogP contribution is -2.24. The van der Waals surface area contributed by atoms with E-state index in [4.69, 9.17) is 11.6 Å². The predicted octanol–water partition coefficient (Wildman–Crippen LogP) is 2.26. The summed E-state index contributed by atoms with van der Waals surface area (Å²) in [5.74, 6) is -0.515. The van der Waals surface area contributed by atoms with Crippen molar-refractivity contribution in [3.05, 3.63) is 63.2 Å². The summed E-state index contributed by atoms with van der Waals surface area (Å²) in [6, 6.07) is 8.13. The Morgan fingerprint density at radius 3 is 2.75 bits per heavy atom. The van der Waals surface area contributed by atoms with E-state index in [-0.39, 0.29) is 28.6 Å². The van der Waals surface area contributed by atoms with Crippen molar-refractivity contribution < 1.29 is 9.59 Å². The zero-order valence-corrected chi connectivity index (χ0v) is 15.9. The first-order valence-electron chi connectivity index (χ1n) is 8.92. The van der Waals surface area contributed by atoms with E-state index in [9.17, 15) is 14.4 Å². The molecule has 1 aromatic carbocycles. The molecule has 0 saturated carbocycles. The van der Waals surface area contributed by atoms with Crippen LogP contribution in [0.15, 0.2) is 41.3 Å². The molecule has 3 heterocycles. The lowest BCUT2D eigenvalue weighted by Gasteiger charge is -2.13. The molecule has 1 atom stereocenters. The maximum atomic E-state index is 12.7. The lowest BCUT2D eigenvalue weighted by atomic mass is 10.0. The molecule has 1 fully saturated rings. The summed E-state index contributed by atoms with van der Waals surface area (Å²) in [6.07, 6.45) is 1.75. The number of aromatic amines is 1. The number of amides is 2. The molecular weight excluding hydrogens is 382 g/mol. The van der Waals surface area contributed by atoms with Gasteiger partial charge in [0.2, 0.25) is 5.91 Å². The topological polar surface area (TPSA) is 99.6 Å². The van der Waals surface area contributed by atoms with Crippen molar-refractivity contribution in [3.63, 3.8) is 0 Å². The Balaban J connectivity index is 1.67. The third-order valence-corrected chi connectivity index (χ3v) is 5.13. The minimum Gasteiger partial charge on any atom is -0.342 e. The number of hydrogen-bond acceptors (Lipinski definition) is 4. The van der Waals surface area contributed by atoms with Crippen molar-refractivity contribution >= 4 is 34.7 Å². The Labute approximate surface area is 165 Å². The summed E-state index contributed by atoms with van der Waals surface area (Å²) in [5, 5.41) is 6.09. The van der Waals surface area contributed by atoms with Crippen molar-refractivity contribution in [2.75, 3.05) is 18.4 Å². The van der Waals surface area contributed by atoms with E-state index in [1.807, 2.05) is 6.92 Å². The van der Waals surface area contributed by atoms with Crippen LogP contribution in [0.25, 0.3) is 5.65 Å². The quantitative estimate of drug-likeness (QED) is 0.702. The molecule has 9 heteroatoms. The second kappa shape index (κ2) is 7.12. The number of fused-ring (bicyclic) bond motifs is 1. The summed E-state index contributed by atoms with van der Waals surface area (Å²) in [5.41, 5.74) is 1.25. The van der Waals surface area contributed by atoms with Gasteiger partial charge in [-0.15, -0.1) is 0 Å². The maximum absolute atomic E-state index is 12.7. The Kier molecular flexibility index (Phi) is 4.64. The Hall–Kier alpha value is -3.13. The van der Waals surface area contributed by atoms with Crippen LogP contribution in [0.2, 0.25) is 5.02 Å². The number of rotatable bonds is 4. The highest BCUT2D eigenvalue weighted by Gasteiger charge is 2.31. The van der Waals surface area contributed by atoms with Crippen molar-refractivity contribution in [3.8, 4) is 0 Å². The number of aromatic nitrogens is 3. The third-order valence-electron chi connectivity index (χ3n) is 4.88. The first-order valence-corrected chi connectivity index (χ1v) is 9.30. The molecule has 2 aromatic heterocycles. The van der Waals surface area contributed by atoms with E-state index in [0.717, 1.165) is 0 Å². The van der Waals surface area contributed by atoms with Gasteiger partial charge >= 0.3 is 0 Å². The molecule has 28 heavy (non-hydrogen) atoms. The monoisotopic (exact) mass is 399 g/mol. The number of likely N-dealkylation sites (N-methyl/N-ethyl adjacent to an activating group) is 1. The van der Waals surface area contributed by atoms with E-state index in [1.165, 1.54) is 16.8 Å². The molecule has 0 aliphatic carbocycles. The average Bonchev–Trinajstić information content (AvgIpc) is 3.27. The second-order valence-corrected chi connectivity index (χ2v) is 7.10. The van der Waals surface area contributed by atoms with E-state index in [1.54, 1.807) is 29.2 Å². The van der Waals surface area contributed by atoms with Crippen LogP contribution < -0.4 is 10.9 Å². The largest absolute Gasteiger partial charge is 0.342 e. The fraction of sp³-hybridized carbons (Fsp3) is 0.263. The fourth-order valence-corrected chi connectivity index (χ4v) is 3.51. The molecule has 3 aromatic rings. The van der Waals surface area contributed by atoms with Crippen LogP contribution >= 0.6 is 11.6 Å². The number of nitrogens with zero attached hydrogens (tertiary/aromatic N) is 3. The van der Waals surface area contributed by atoms with Gasteiger partial charge in [0.15, 0.2) is 5.65 Å². The number of likely N-dealkylation sites (tertiary alicyclic amines) is 1. The molecule has 1 saturated heterocycles. The van der Waals surface area contributed by atoms with Crippen LogP contribution in [0, 0.1) is 0 Å². The highest BCUT2D eigenvalue weighted by molar-refractivity contribution is 6.30. The van der Waals surface area contributed by atoms with Crippen LogP contribution in [0.1, 0.15) is 35.3 Å². The number of hydrogen-bond donors (Lipinski definition) is 2. The molecule has 4 rings (SSSR count). The van der Waals surface area contributed by atoms with Gasteiger partial charge in [-0.25, -0.2) is 9.50 Å². The molecule has 0 bridgehead atoms.